The lowest BCUT2D eigenvalue weighted by Crippen LogP contribution is -2.13. The van der Waals surface area contributed by atoms with Gasteiger partial charge in [-0.15, -0.1) is 0 Å². The van der Waals surface area contributed by atoms with E-state index in [0.717, 1.165) is 13.0 Å². The number of hydrogen-bond acceptors (Lipinski definition) is 3. The van der Waals surface area contributed by atoms with E-state index in [4.69, 9.17) is 0 Å². The highest BCUT2D eigenvalue weighted by Crippen LogP contribution is 1.99. The van der Waals surface area contributed by atoms with Crippen LogP contribution in [0.25, 0.3) is 0 Å². The predicted molar refractivity (Wildman–Crippen MR) is 56.5 cm³/mol. The highest BCUT2D eigenvalue weighted by atomic mass is 32.1. The van der Waals surface area contributed by atoms with Crippen molar-refractivity contribution in [2.45, 2.75) is 13.0 Å². The fourth-order valence-corrected chi connectivity index (χ4v) is 1.87. The largest absolute Gasteiger partial charge is 0.307 e. The SMILES string of the molecule is O=c1sccn1CCc1ccncc1. The van der Waals surface area contributed by atoms with Crippen molar-refractivity contribution < 1.29 is 0 Å². The summed E-state index contributed by atoms with van der Waals surface area (Å²) in [4.78, 5) is 15.3. The first-order valence-corrected chi connectivity index (χ1v) is 5.27. The smallest absolute Gasteiger partial charge is 0.306 e. The lowest BCUT2D eigenvalue weighted by atomic mass is 10.2. The monoisotopic (exact) mass is 206 g/mol. The Hall–Kier alpha value is -1.42. The van der Waals surface area contributed by atoms with Crippen LogP contribution < -0.4 is 4.87 Å². The van der Waals surface area contributed by atoms with Crippen molar-refractivity contribution in [3.8, 4) is 0 Å². The number of rotatable bonds is 3. The summed E-state index contributed by atoms with van der Waals surface area (Å²) in [6, 6.07) is 3.94. The second kappa shape index (κ2) is 4.19. The second-order valence-corrected chi connectivity index (χ2v) is 3.82. The molecule has 0 aliphatic carbocycles. The predicted octanol–water partition coefficient (Wildman–Crippen LogP) is 1.55. The van der Waals surface area contributed by atoms with Gasteiger partial charge in [0.2, 0.25) is 0 Å². The number of nitrogens with zero attached hydrogens (tertiary/aromatic N) is 2. The first kappa shape index (κ1) is 9.15. The molecule has 0 atom stereocenters. The summed E-state index contributed by atoms with van der Waals surface area (Å²) in [6.07, 6.45) is 6.24. The third-order valence-electron chi connectivity index (χ3n) is 2.03. The van der Waals surface area contributed by atoms with Crippen molar-refractivity contribution >= 4 is 11.3 Å². The summed E-state index contributed by atoms with van der Waals surface area (Å²) < 4.78 is 1.73. The molecule has 0 bridgehead atoms. The van der Waals surface area contributed by atoms with Crippen LogP contribution in [0.4, 0.5) is 0 Å². The molecule has 0 radical (unpaired) electrons. The van der Waals surface area contributed by atoms with Crippen molar-refractivity contribution in [3.63, 3.8) is 0 Å². The molecule has 3 nitrogen and oxygen atoms in total. The van der Waals surface area contributed by atoms with Crippen LogP contribution in [-0.4, -0.2) is 9.55 Å². The molecule has 0 saturated heterocycles. The van der Waals surface area contributed by atoms with Gasteiger partial charge in [-0.1, -0.05) is 11.3 Å². The molecule has 2 aromatic rings. The van der Waals surface area contributed by atoms with Gasteiger partial charge in [-0.2, -0.15) is 0 Å². The lowest BCUT2D eigenvalue weighted by Gasteiger charge is -2.00. The fraction of sp³-hybridized carbons (Fsp3) is 0.200. The number of thiazole rings is 1. The normalized spacial score (nSPS) is 10.3. The zero-order chi connectivity index (χ0) is 9.80. The quantitative estimate of drug-likeness (QED) is 0.763. The van der Waals surface area contributed by atoms with E-state index in [-0.39, 0.29) is 4.87 Å². The van der Waals surface area contributed by atoms with Crippen molar-refractivity contribution in [3.05, 3.63) is 51.3 Å². The van der Waals surface area contributed by atoms with Gasteiger partial charge in [-0.3, -0.25) is 9.78 Å². The van der Waals surface area contributed by atoms with Crippen LogP contribution in [0.15, 0.2) is 40.9 Å². The van der Waals surface area contributed by atoms with E-state index in [1.807, 2.05) is 23.7 Å². The van der Waals surface area contributed by atoms with Crippen molar-refractivity contribution in [1.82, 2.24) is 9.55 Å². The average molecular weight is 206 g/mol. The molecule has 2 aromatic heterocycles. The molecule has 14 heavy (non-hydrogen) atoms. The number of aryl methyl sites for hydroxylation is 2. The molecule has 0 unspecified atom stereocenters. The molecule has 0 aliphatic heterocycles. The van der Waals surface area contributed by atoms with Crippen LogP contribution in [0.1, 0.15) is 5.56 Å². The minimum absolute atomic E-state index is 0.110. The molecular formula is C10H10N2OS. The maximum absolute atomic E-state index is 11.2. The van der Waals surface area contributed by atoms with E-state index in [0.29, 0.717) is 0 Å². The van der Waals surface area contributed by atoms with E-state index in [2.05, 4.69) is 4.98 Å². The van der Waals surface area contributed by atoms with E-state index in [1.165, 1.54) is 16.9 Å². The molecule has 72 valence electrons. The molecule has 0 amide bonds. The zero-order valence-electron chi connectivity index (χ0n) is 7.59. The molecule has 0 N–H and O–H groups in total. The van der Waals surface area contributed by atoms with Crippen LogP contribution in [0.3, 0.4) is 0 Å². The van der Waals surface area contributed by atoms with Crippen LogP contribution in [-0.2, 0) is 13.0 Å². The third-order valence-corrected chi connectivity index (χ3v) is 2.73. The minimum Gasteiger partial charge on any atom is -0.306 e. The highest BCUT2D eigenvalue weighted by molar-refractivity contribution is 7.07. The van der Waals surface area contributed by atoms with Gasteiger partial charge in [0.15, 0.2) is 0 Å². The Morgan fingerprint density at radius 3 is 2.79 bits per heavy atom. The molecule has 0 aliphatic rings. The summed E-state index contributed by atoms with van der Waals surface area (Å²) >= 11 is 1.23. The van der Waals surface area contributed by atoms with Crippen molar-refractivity contribution in [1.29, 1.82) is 0 Å². The maximum atomic E-state index is 11.2. The molecule has 2 rings (SSSR count). The van der Waals surface area contributed by atoms with Gasteiger partial charge >= 0.3 is 4.87 Å². The van der Waals surface area contributed by atoms with Crippen LogP contribution >= 0.6 is 11.3 Å². The number of pyridine rings is 1. The standard InChI is InChI=1S/C10H10N2OS/c13-10-12(7-8-14-10)6-3-9-1-4-11-5-2-9/h1-2,4-5,7-8H,3,6H2. The summed E-state index contributed by atoms with van der Waals surface area (Å²) in [5.41, 5.74) is 1.21. The first-order chi connectivity index (χ1) is 6.86. The molecular weight excluding hydrogens is 196 g/mol. The minimum atomic E-state index is 0.110. The van der Waals surface area contributed by atoms with Gasteiger partial charge in [0.25, 0.3) is 0 Å². The second-order valence-electron chi connectivity index (χ2n) is 2.97. The van der Waals surface area contributed by atoms with Crippen molar-refractivity contribution in [2.24, 2.45) is 0 Å². The van der Waals surface area contributed by atoms with E-state index >= 15 is 0 Å². The molecule has 0 saturated carbocycles. The summed E-state index contributed by atoms with van der Waals surface area (Å²) in [5.74, 6) is 0. The molecule has 2 heterocycles. The van der Waals surface area contributed by atoms with Crippen LogP contribution in [0.5, 0.6) is 0 Å². The Bertz CT molecular complexity index is 446. The highest BCUT2D eigenvalue weighted by Gasteiger charge is 1.96. The Labute approximate surface area is 85.7 Å². The van der Waals surface area contributed by atoms with Gasteiger partial charge in [0.05, 0.1) is 0 Å². The Kier molecular flexibility index (Phi) is 2.74. The molecule has 0 aromatic carbocycles. The van der Waals surface area contributed by atoms with Gasteiger partial charge in [0.1, 0.15) is 0 Å². The third kappa shape index (κ3) is 2.09. The Morgan fingerprint density at radius 2 is 2.14 bits per heavy atom. The van der Waals surface area contributed by atoms with Gasteiger partial charge in [-0.05, 0) is 24.1 Å². The molecule has 0 fully saturated rings. The fourth-order valence-electron chi connectivity index (χ4n) is 1.26. The molecule has 4 heteroatoms. The van der Waals surface area contributed by atoms with Gasteiger partial charge < -0.3 is 4.57 Å². The Morgan fingerprint density at radius 1 is 1.36 bits per heavy atom. The van der Waals surface area contributed by atoms with Crippen molar-refractivity contribution in [2.75, 3.05) is 0 Å². The van der Waals surface area contributed by atoms with E-state index in [1.54, 1.807) is 17.0 Å². The van der Waals surface area contributed by atoms with E-state index < -0.39 is 0 Å². The summed E-state index contributed by atoms with van der Waals surface area (Å²) in [5, 5.41) is 1.81. The first-order valence-electron chi connectivity index (χ1n) is 4.39. The zero-order valence-corrected chi connectivity index (χ0v) is 8.41. The topological polar surface area (TPSA) is 34.9 Å². The lowest BCUT2D eigenvalue weighted by molar-refractivity contribution is 0.685. The van der Waals surface area contributed by atoms with Gasteiger partial charge in [0, 0.05) is 30.5 Å². The summed E-state index contributed by atoms with van der Waals surface area (Å²) in [6.45, 7) is 0.742. The average Bonchev–Trinajstić information content (AvgIpc) is 2.63. The van der Waals surface area contributed by atoms with Crippen LogP contribution in [0, 0.1) is 0 Å². The maximum Gasteiger partial charge on any atom is 0.307 e. The van der Waals surface area contributed by atoms with Crippen LogP contribution in [0.2, 0.25) is 0 Å². The molecule has 0 spiro atoms. The number of aromatic nitrogens is 2. The van der Waals surface area contributed by atoms with E-state index in [9.17, 15) is 4.79 Å². The van der Waals surface area contributed by atoms with Gasteiger partial charge in [-0.25, -0.2) is 0 Å². The Balaban J connectivity index is 2.02. The summed E-state index contributed by atoms with van der Waals surface area (Å²) in [7, 11) is 0. The number of hydrogen-bond donors (Lipinski definition) is 0.